The topological polar surface area (TPSA) is 77.8 Å². The fourth-order valence-electron chi connectivity index (χ4n) is 3.48. The molecule has 128 valence electrons. The van der Waals surface area contributed by atoms with Crippen molar-refractivity contribution in [3.63, 3.8) is 0 Å². The minimum atomic E-state index is -0.220. The number of benzene rings is 2. The molecule has 1 saturated carbocycles. The van der Waals surface area contributed by atoms with E-state index in [1.807, 2.05) is 31.2 Å². The monoisotopic (exact) mass is 335 g/mol. The Balaban J connectivity index is 1.44. The van der Waals surface area contributed by atoms with Gasteiger partial charge in [0.1, 0.15) is 0 Å². The molecular weight excluding hydrogens is 314 g/mol. The minimum Gasteiger partial charge on any atom is -0.349 e. The molecule has 3 N–H and O–H groups in total. The SMILES string of the molecule is Cc1cccc(C2CC2C(=O)NC(C)c2ccc3[nH]c(=O)[nH]c3c2)c1. The van der Waals surface area contributed by atoms with Crippen LogP contribution in [0, 0.1) is 12.8 Å². The van der Waals surface area contributed by atoms with Gasteiger partial charge in [-0.15, -0.1) is 0 Å². The second-order valence-corrected chi connectivity index (χ2v) is 6.98. The second kappa shape index (κ2) is 5.92. The highest BCUT2D eigenvalue weighted by molar-refractivity contribution is 5.83. The molecule has 3 unspecified atom stereocenters. The third-order valence-corrected chi connectivity index (χ3v) is 5.00. The van der Waals surface area contributed by atoms with Crippen LogP contribution in [0.15, 0.2) is 47.3 Å². The van der Waals surface area contributed by atoms with Crippen molar-refractivity contribution in [2.45, 2.75) is 32.2 Å². The predicted octanol–water partition coefficient (Wildman–Crippen LogP) is 3.15. The standard InChI is InChI=1S/C20H21N3O2/c1-11-4-3-5-14(8-11)15-10-16(15)19(24)21-12(2)13-6-7-17-18(9-13)23-20(25)22-17/h3-9,12,15-16H,10H2,1-2H3,(H,21,24)(H2,22,23,25). The summed E-state index contributed by atoms with van der Waals surface area (Å²) in [5.41, 5.74) is 4.76. The number of H-pyrrole nitrogens is 2. The molecule has 0 aliphatic heterocycles. The Labute approximate surface area is 145 Å². The number of amides is 1. The predicted molar refractivity (Wildman–Crippen MR) is 97.5 cm³/mol. The first kappa shape index (κ1) is 15.7. The van der Waals surface area contributed by atoms with Gasteiger partial charge in [-0.3, -0.25) is 4.79 Å². The van der Waals surface area contributed by atoms with Gasteiger partial charge in [-0.25, -0.2) is 4.79 Å². The molecule has 2 aromatic carbocycles. The summed E-state index contributed by atoms with van der Waals surface area (Å²) < 4.78 is 0. The summed E-state index contributed by atoms with van der Waals surface area (Å²) in [6.07, 6.45) is 0.909. The highest BCUT2D eigenvalue weighted by atomic mass is 16.2. The summed E-state index contributed by atoms with van der Waals surface area (Å²) >= 11 is 0. The molecule has 3 aromatic rings. The fourth-order valence-corrected chi connectivity index (χ4v) is 3.48. The number of aromatic amines is 2. The summed E-state index contributed by atoms with van der Waals surface area (Å²) in [7, 11) is 0. The van der Waals surface area contributed by atoms with E-state index in [0.29, 0.717) is 5.92 Å². The van der Waals surface area contributed by atoms with Gasteiger partial charge in [0.2, 0.25) is 5.91 Å². The molecule has 25 heavy (non-hydrogen) atoms. The molecule has 0 saturated heterocycles. The van der Waals surface area contributed by atoms with Crippen LogP contribution in [0.25, 0.3) is 11.0 Å². The molecule has 0 bridgehead atoms. The van der Waals surface area contributed by atoms with Crippen molar-refractivity contribution in [2.24, 2.45) is 5.92 Å². The first-order valence-electron chi connectivity index (χ1n) is 8.60. The molecule has 1 aliphatic carbocycles. The molecule has 1 aliphatic rings. The third-order valence-electron chi connectivity index (χ3n) is 5.00. The van der Waals surface area contributed by atoms with E-state index >= 15 is 0 Å². The van der Waals surface area contributed by atoms with E-state index in [2.05, 4.69) is 40.4 Å². The average molecular weight is 335 g/mol. The van der Waals surface area contributed by atoms with Gasteiger partial charge in [0.25, 0.3) is 0 Å². The normalized spacial score (nSPS) is 20.4. The van der Waals surface area contributed by atoms with E-state index in [9.17, 15) is 9.59 Å². The number of hydrogen-bond donors (Lipinski definition) is 3. The number of aryl methyl sites for hydroxylation is 1. The molecule has 4 rings (SSSR count). The summed E-state index contributed by atoms with van der Waals surface area (Å²) in [5, 5.41) is 3.10. The Hall–Kier alpha value is -2.82. The molecule has 1 heterocycles. The van der Waals surface area contributed by atoms with Crippen molar-refractivity contribution >= 4 is 16.9 Å². The summed E-state index contributed by atoms with van der Waals surface area (Å²) in [6.45, 7) is 4.04. The maximum absolute atomic E-state index is 12.6. The van der Waals surface area contributed by atoms with Crippen molar-refractivity contribution in [3.05, 3.63) is 69.6 Å². The summed E-state index contributed by atoms with van der Waals surface area (Å²) in [4.78, 5) is 29.4. The third kappa shape index (κ3) is 3.09. The van der Waals surface area contributed by atoms with Gasteiger partial charge in [-0.1, -0.05) is 35.9 Å². The van der Waals surface area contributed by atoms with Gasteiger partial charge < -0.3 is 15.3 Å². The number of carbonyl (C=O) groups excluding carboxylic acids is 1. The lowest BCUT2D eigenvalue weighted by Crippen LogP contribution is -2.28. The Morgan fingerprint density at radius 2 is 1.96 bits per heavy atom. The van der Waals surface area contributed by atoms with E-state index in [-0.39, 0.29) is 23.6 Å². The van der Waals surface area contributed by atoms with Crippen molar-refractivity contribution < 1.29 is 4.79 Å². The number of nitrogens with one attached hydrogen (secondary N) is 3. The molecule has 0 radical (unpaired) electrons. The lowest BCUT2D eigenvalue weighted by atomic mass is 10.1. The minimum absolute atomic E-state index is 0.0556. The number of imidazole rings is 1. The van der Waals surface area contributed by atoms with Gasteiger partial charge in [0, 0.05) is 5.92 Å². The second-order valence-electron chi connectivity index (χ2n) is 6.98. The van der Waals surface area contributed by atoms with Gasteiger partial charge in [0.15, 0.2) is 0 Å². The van der Waals surface area contributed by atoms with Crippen molar-refractivity contribution in [1.29, 1.82) is 0 Å². The maximum atomic E-state index is 12.6. The number of rotatable bonds is 4. The van der Waals surface area contributed by atoms with E-state index < -0.39 is 0 Å². The average Bonchev–Trinajstić information content (AvgIpc) is 3.29. The molecule has 1 aromatic heterocycles. The van der Waals surface area contributed by atoms with Crippen molar-refractivity contribution in [1.82, 2.24) is 15.3 Å². The first-order valence-corrected chi connectivity index (χ1v) is 8.60. The van der Waals surface area contributed by atoms with Crippen LogP contribution >= 0.6 is 0 Å². The zero-order valence-corrected chi connectivity index (χ0v) is 14.3. The number of carbonyl (C=O) groups is 1. The lowest BCUT2D eigenvalue weighted by Gasteiger charge is -2.14. The fraction of sp³-hybridized carbons (Fsp3) is 0.300. The highest BCUT2D eigenvalue weighted by Crippen LogP contribution is 2.47. The smallest absolute Gasteiger partial charge is 0.323 e. The zero-order chi connectivity index (χ0) is 17.6. The number of aromatic nitrogens is 2. The Morgan fingerprint density at radius 3 is 2.76 bits per heavy atom. The zero-order valence-electron chi connectivity index (χ0n) is 14.3. The molecule has 1 fully saturated rings. The first-order chi connectivity index (χ1) is 12.0. The number of hydrogen-bond acceptors (Lipinski definition) is 2. The van der Waals surface area contributed by atoms with Gasteiger partial charge in [-0.05, 0) is 49.4 Å². The van der Waals surface area contributed by atoms with E-state index in [4.69, 9.17) is 0 Å². The maximum Gasteiger partial charge on any atom is 0.323 e. The number of fused-ring (bicyclic) bond motifs is 1. The van der Waals surface area contributed by atoms with Crippen molar-refractivity contribution in [2.75, 3.05) is 0 Å². The Kier molecular flexibility index (Phi) is 3.71. The molecular formula is C20H21N3O2. The highest BCUT2D eigenvalue weighted by Gasteiger charge is 2.44. The van der Waals surface area contributed by atoms with Crippen LogP contribution < -0.4 is 11.0 Å². The van der Waals surface area contributed by atoms with Crippen LogP contribution in [0.5, 0.6) is 0 Å². The largest absolute Gasteiger partial charge is 0.349 e. The van der Waals surface area contributed by atoms with Crippen molar-refractivity contribution in [3.8, 4) is 0 Å². The van der Waals surface area contributed by atoms with E-state index in [1.165, 1.54) is 11.1 Å². The van der Waals surface area contributed by atoms with Crippen LogP contribution in [-0.2, 0) is 4.79 Å². The molecule has 1 amide bonds. The molecule has 0 spiro atoms. The molecule has 3 atom stereocenters. The lowest BCUT2D eigenvalue weighted by molar-refractivity contribution is -0.123. The van der Waals surface area contributed by atoms with Gasteiger partial charge in [0.05, 0.1) is 17.1 Å². The van der Waals surface area contributed by atoms with Crippen LogP contribution in [0.2, 0.25) is 0 Å². The van der Waals surface area contributed by atoms with E-state index in [1.54, 1.807) is 0 Å². The molecule has 5 nitrogen and oxygen atoms in total. The van der Waals surface area contributed by atoms with Gasteiger partial charge in [-0.2, -0.15) is 0 Å². The Bertz CT molecular complexity index is 1000. The molecule has 5 heteroatoms. The van der Waals surface area contributed by atoms with Crippen LogP contribution in [0.4, 0.5) is 0 Å². The summed E-state index contributed by atoms with van der Waals surface area (Å²) in [5.74, 6) is 0.484. The van der Waals surface area contributed by atoms with Crippen LogP contribution in [0.3, 0.4) is 0 Å². The van der Waals surface area contributed by atoms with Gasteiger partial charge >= 0.3 is 5.69 Å². The van der Waals surface area contributed by atoms with Crippen LogP contribution in [-0.4, -0.2) is 15.9 Å². The quantitative estimate of drug-likeness (QED) is 0.685. The van der Waals surface area contributed by atoms with Crippen LogP contribution in [0.1, 0.15) is 42.0 Å². The summed E-state index contributed by atoms with van der Waals surface area (Å²) in [6, 6.07) is 14.0. The van der Waals surface area contributed by atoms with E-state index in [0.717, 1.165) is 23.0 Å². The Morgan fingerprint density at radius 1 is 1.16 bits per heavy atom.